The molecule has 24 heavy (non-hydrogen) atoms. The van der Waals surface area contributed by atoms with Gasteiger partial charge in [0.1, 0.15) is 0 Å². The monoisotopic (exact) mass is 327 g/mol. The predicted octanol–water partition coefficient (Wildman–Crippen LogP) is 1.66. The van der Waals surface area contributed by atoms with Crippen molar-refractivity contribution in [3.63, 3.8) is 0 Å². The van der Waals surface area contributed by atoms with Crippen LogP contribution in [0.3, 0.4) is 0 Å². The van der Waals surface area contributed by atoms with Crippen molar-refractivity contribution in [2.45, 2.75) is 12.6 Å². The van der Waals surface area contributed by atoms with Crippen molar-refractivity contribution in [3.8, 4) is 0 Å². The number of hydrogen-bond acceptors (Lipinski definition) is 2. The van der Waals surface area contributed by atoms with E-state index < -0.39 is 6.03 Å². The Morgan fingerprint density at radius 2 is 2.00 bits per heavy atom. The molecule has 1 aliphatic rings. The number of nitrogens with zero attached hydrogens (tertiary/aromatic N) is 2. The molecular formula is C17H21N5O2. The van der Waals surface area contributed by atoms with E-state index in [1.54, 1.807) is 16.0 Å². The summed E-state index contributed by atoms with van der Waals surface area (Å²) in [6, 6.07) is 10.8. The van der Waals surface area contributed by atoms with E-state index in [0.717, 1.165) is 11.1 Å². The van der Waals surface area contributed by atoms with Crippen LogP contribution < -0.4 is 11.1 Å². The molecule has 0 saturated carbocycles. The number of rotatable bonds is 3. The molecule has 3 rings (SSSR count). The average molecular weight is 327 g/mol. The van der Waals surface area contributed by atoms with Crippen molar-refractivity contribution in [2.75, 3.05) is 19.6 Å². The van der Waals surface area contributed by atoms with Crippen LogP contribution in [0.25, 0.3) is 0 Å². The lowest BCUT2D eigenvalue weighted by atomic mass is 10.1. The van der Waals surface area contributed by atoms with E-state index in [1.165, 1.54) is 0 Å². The molecule has 0 bridgehead atoms. The highest BCUT2D eigenvalue weighted by molar-refractivity contribution is 5.76. The van der Waals surface area contributed by atoms with Crippen molar-refractivity contribution >= 4 is 12.1 Å². The van der Waals surface area contributed by atoms with Gasteiger partial charge in [-0.2, -0.15) is 0 Å². The molecule has 2 heterocycles. The number of carbonyl (C=O) groups excluding carboxylic acids is 2. The van der Waals surface area contributed by atoms with Gasteiger partial charge < -0.3 is 25.8 Å². The zero-order valence-electron chi connectivity index (χ0n) is 13.3. The third-order valence-corrected chi connectivity index (χ3v) is 4.24. The molecule has 1 aromatic carbocycles. The largest absolute Gasteiger partial charge is 0.367 e. The highest BCUT2D eigenvalue weighted by Crippen LogP contribution is 2.25. The van der Waals surface area contributed by atoms with Gasteiger partial charge >= 0.3 is 12.1 Å². The molecule has 4 N–H and O–H groups in total. The van der Waals surface area contributed by atoms with Crippen LogP contribution in [0.15, 0.2) is 48.8 Å². The Hall–Kier alpha value is -2.96. The number of nitrogens with two attached hydrogens (primary N) is 1. The van der Waals surface area contributed by atoms with Crippen LogP contribution in [0, 0.1) is 0 Å². The van der Waals surface area contributed by atoms with Crippen LogP contribution in [-0.2, 0) is 6.54 Å². The summed E-state index contributed by atoms with van der Waals surface area (Å²) in [4.78, 5) is 30.4. The Kier molecular flexibility index (Phi) is 4.69. The number of urea groups is 2. The fraction of sp³-hybridized carbons (Fsp3) is 0.294. The first kappa shape index (κ1) is 15.9. The van der Waals surface area contributed by atoms with Gasteiger partial charge in [-0.25, -0.2) is 9.59 Å². The summed E-state index contributed by atoms with van der Waals surface area (Å²) in [5.41, 5.74) is 7.46. The summed E-state index contributed by atoms with van der Waals surface area (Å²) >= 11 is 0. The summed E-state index contributed by atoms with van der Waals surface area (Å²) < 4.78 is 0. The first-order valence-electron chi connectivity index (χ1n) is 7.90. The molecule has 1 aromatic heterocycles. The number of hydrogen-bond donors (Lipinski definition) is 3. The first-order chi connectivity index (χ1) is 11.6. The lowest BCUT2D eigenvalue weighted by molar-refractivity contribution is 0.110. The normalized spacial score (nSPS) is 17.6. The molecule has 1 fully saturated rings. The number of nitrogens with one attached hydrogen (secondary N) is 2. The van der Waals surface area contributed by atoms with Crippen molar-refractivity contribution in [1.29, 1.82) is 0 Å². The number of aromatic nitrogens is 1. The number of H-pyrrole nitrogens is 1. The zero-order valence-corrected chi connectivity index (χ0v) is 13.3. The van der Waals surface area contributed by atoms with Crippen LogP contribution in [0.1, 0.15) is 17.2 Å². The number of aromatic amines is 1. The summed E-state index contributed by atoms with van der Waals surface area (Å²) in [5, 5.41) is 2.92. The maximum atomic E-state index is 12.4. The zero-order chi connectivity index (χ0) is 16.9. The molecule has 126 valence electrons. The Morgan fingerprint density at radius 3 is 2.67 bits per heavy atom. The van der Waals surface area contributed by atoms with Crippen LogP contribution in [-0.4, -0.2) is 46.5 Å². The second kappa shape index (κ2) is 7.08. The highest BCUT2D eigenvalue weighted by atomic mass is 16.2. The molecule has 7 nitrogen and oxygen atoms in total. The fourth-order valence-corrected chi connectivity index (χ4v) is 2.95. The van der Waals surface area contributed by atoms with E-state index in [1.807, 2.05) is 42.6 Å². The standard InChI is InChI=1S/C17H21N5O2/c18-16(23)22-9-8-21(12-15(22)14-6-7-19-11-14)17(24)20-10-13-4-2-1-3-5-13/h1-7,11,15,19H,8-10,12H2,(H2,18,23)(H,20,24). The number of benzene rings is 1. The van der Waals surface area contributed by atoms with E-state index in [0.29, 0.717) is 26.2 Å². The average Bonchev–Trinajstić information content (AvgIpc) is 3.14. The van der Waals surface area contributed by atoms with Crippen molar-refractivity contribution in [2.24, 2.45) is 5.73 Å². The third-order valence-electron chi connectivity index (χ3n) is 4.24. The summed E-state index contributed by atoms with van der Waals surface area (Å²) in [7, 11) is 0. The first-order valence-corrected chi connectivity index (χ1v) is 7.90. The molecule has 0 spiro atoms. The quantitative estimate of drug-likeness (QED) is 0.799. The minimum absolute atomic E-state index is 0.136. The maximum absolute atomic E-state index is 12.4. The van der Waals surface area contributed by atoms with Gasteiger partial charge in [0.15, 0.2) is 0 Å². The van der Waals surface area contributed by atoms with Crippen LogP contribution >= 0.6 is 0 Å². The number of carbonyl (C=O) groups is 2. The Bertz CT molecular complexity index is 686. The molecule has 1 unspecified atom stereocenters. The summed E-state index contributed by atoms with van der Waals surface area (Å²) in [6.07, 6.45) is 3.62. The Labute approximate surface area is 140 Å². The van der Waals surface area contributed by atoms with Crippen molar-refractivity contribution in [3.05, 3.63) is 59.9 Å². The lowest BCUT2D eigenvalue weighted by Gasteiger charge is -2.40. The Balaban J connectivity index is 1.64. The molecule has 1 saturated heterocycles. The van der Waals surface area contributed by atoms with Gasteiger partial charge in [0.25, 0.3) is 0 Å². The SMILES string of the molecule is NC(=O)N1CCN(C(=O)NCc2ccccc2)CC1c1cc[nH]c1. The number of amides is 4. The van der Waals surface area contributed by atoms with Gasteiger partial charge in [0, 0.05) is 38.6 Å². The molecule has 0 radical (unpaired) electrons. The topological polar surface area (TPSA) is 94.5 Å². The minimum atomic E-state index is -0.467. The van der Waals surface area contributed by atoms with E-state index in [-0.39, 0.29) is 12.1 Å². The third kappa shape index (κ3) is 3.51. The maximum Gasteiger partial charge on any atom is 0.317 e. The molecule has 0 aliphatic carbocycles. The number of piperazine rings is 1. The van der Waals surface area contributed by atoms with Crippen molar-refractivity contribution < 1.29 is 9.59 Å². The van der Waals surface area contributed by atoms with Gasteiger partial charge in [0.05, 0.1) is 6.04 Å². The second-order valence-corrected chi connectivity index (χ2v) is 5.78. The lowest BCUT2D eigenvalue weighted by Crippen LogP contribution is -2.55. The fourth-order valence-electron chi connectivity index (χ4n) is 2.95. The molecule has 4 amide bonds. The van der Waals surface area contributed by atoms with E-state index >= 15 is 0 Å². The molecule has 2 aromatic rings. The molecule has 7 heteroatoms. The Morgan fingerprint density at radius 1 is 1.21 bits per heavy atom. The van der Waals surface area contributed by atoms with Gasteiger partial charge in [0.2, 0.25) is 0 Å². The van der Waals surface area contributed by atoms with Crippen LogP contribution in [0.4, 0.5) is 9.59 Å². The van der Waals surface area contributed by atoms with E-state index in [9.17, 15) is 9.59 Å². The number of primary amides is 1. The smallest absolute Gasteiger partial charge is 0.317 e. The van der Waals surface area contributed by atoms with Crippen LogP contribution in [0.2, 0.25) is 0 Å². The van der Waals surface area contributed by atoms with E-state index in [2.05, 4.69) is 10.3 Å². The van der Waals surface area contributed by atoms with E-state index in [4.69, 9.17) is 5.73 Å². The van der Waals surface area contributed by atoms with Crippen LogP contribution in [0.5, 0.6) is 0 Å². The molecular weight excluding hydrogens is 306 g/mol. The van der Waals surface area contributed by atoms with Gasteiger partial charge in [-0.05, 0) is 17.2 Å². The van der Waals surface area contributed by atoms with Crippen molar-refractivity contribution in [1.82, 2.24) is 20.1 Å². The second-order valence-electron chi connectivity index (χ2n) is 5.78. The highest BCUT2D eigenvalue weighted by Gasteiger charge is 2.32. The van der Waals surface area contributed by atoms with Gasteiger partial charge in [-0.15, -0.1) is 0 Å². The predicted molar refractivity (Wildman–Crippen MR) is 90.1 cm³/mol. The summed E-state index contributed by atoms with van der Waals surface area (Å²) in [6.45, 7) is 1.78. The molecule has 1 atom stereocenters. The van der Waals surface area contributed by atoms with Gasteiger partial charge in [-0.1, -0.05) is 30.3 Å². The molecule has 1 aliphatic heterocycles. The minimum Gasteiger partial charge on any atom is -0.367 e. The van der Waals surface area contributed by atoms with Gasteiger partial charge in [-0.3, -0.25) is 0 Å². The summed E-state index contributed by atoms with van der Waals surface area (Å²) in [5.74, 6) is 0.